The van der Waals surface area contributed by atoms with Crippen molar-refractivity contribution in [2.24, 2.45) is 0 Å². The fraction of sp³-hybridized carbons (Fsp3) is 0.435. The van der Waals surface area contributed by atoms with E-state index in [-0.39, 0.29) is 10.8 Å². The van der Waals surface area contributed by atoms with E-state index in [1.54, 1.807) is 7.11 Å². The molecule has 0 saturated heterocycles. The Morgan fingerprint density at radius 2 is 1.56 bits per heavy atom. The summed E-state index contributed by atoms with van der Waals surface area (Å²) < 4.78 is 5.28. The molecule has 2 aromatic carbocycles. The van der Waals surface area contributed by atoms with E-state index >= 15 is 0 Å². The minimum Gasteiger partial charge on any atom is -0.496 e. The van der Waals surface area contributed by atoms with Gasteiger partial charge in [-0.2, -0.15) is 0 Å². The maximum absolute atomic E-state index is 11.4. The molecule has 0 bridgehead atoms. The Kier molecular flexibility index (Phi) is 4.26. The first kappa shape index (κ1) is 17.7. The number of rotatable bonds is 3. The summed E-state index contributed by atoms with van der Waals surface area (Å²) in [5.74, 6) is 0.621. The first-order valence-corrected chi connectivity index (χ1v) is 8.99. The molecular weight excluding hydrogens is 308 g/mol. The van der Waals surface area contributed by atoms with Gasteiger partial charge in [-0.15, -0.1) is 0 Å². The Labute approximate surface area is 151 Å². The van der Waals surface area contributed by atoms with Gasteiger partial charge in [-0.25, -0.2) is 0 Å². The second kappa shape index (κ2) is 6.01. The quantitative estimate of drug-likeness (QED) is 0.659. The molecule has 0 amide bonds. The molecule has 0 saturated carbocycles. The van der Waals surface area contributed by atoms with E-state index in [4.69, 9.17) is 4.74 Å². The summed E-state index contributed by atoms with van der Waals surface area (Å²) >= 11 is 0. The number of aldehydes is 1. The zero-order chi connectivity index (χ0) is 18.4. The van der Waals surface area contributed by atoms with Crippen molar-refractivity contribution in [1.82, 2.24) is 0 Å². The average molecular weight is 336 g/mol. The molecule has 25 heavy (non-hydrogen) atoms. The van der Waals surface area contributed by atoms with Crippen LogP contribution in [0.15, 0.2) is 30.3 Å². The van der Waals surface area contributed by atoms with E-state index in [1.165, 1.54) is 35.1 Å². The first-order valence-electron chi connectivity index (χ1n) is 8.99. The summed E-state index contributed by atoms with van der Waals surface area (Å²) in [6.07, 6.45) is 3.27. The van der Waals surface area contributed by atoms with Gasteiger partial charge in [0.1, 0.15) is 5.75 Å². The highest BCUT2D eigenvalue weighted by atomic mass is 16.5. The molecule has 0 unspecified atom stereocenters. The van der Waals surface area contributed by atoms with Crippen LogP contribution in [0, 0.1) is 6.92 Å². The number of fused-ring (bicyclic) bond motifs is 1. The molecule has 2 aromatic rings. The van der Waals surface area contributed by atoms with Gasteiger partial charge in [0.2, 0.25) is 0 Å². The maximum Gasteiger partial charge on any atom is 0.153 e. The van der Waals surface area contributed by atoms with E-state index in [2.05, 4.69) is 46.8 Å². The van der Waals surface area contributed by atoms with E-state index < -0.39 is 0 Å². The fourth-order valence-corrected chi connectivity index (χ4v) is 4.03. The number of carbonyl (C=O) groups is 1. The fourth-order valence-electron chi connectivity index (χ4n) is 4.03. The van der Waals surface area contributed by atoms with Gasteiger partial charge in [0.25, 0.3) is 0 Å². The van der Waals surface area contributed by atoms with Crippen LogP contribution in [-0.4, -0.2) is 13.4 Å². The lowest BCUT2D eigenvalue weighted by Gasteiger charge is -2.42. The first-order chi connectivity index (χ1) is 11.7. The third-order valence-corrected chi connectivity index (χ3v) is 5.87. The topological polar surface area (TPSA) is 26.3 Å². The van der Waals surface area contributed by atoms with Crippen LogP contribution in [0.25, 0.3) is 11.1 Å². The second-order valence-electron chi connectivity index (χ2n) is 8.56. The number of ether oxygens (including phenoxy) is 1. The standard InChI is InChI=1S/C23H28O2/c1-15-11-19-20(23(4,5)10-9-22(19,2)3)13-18(15)16-7-8-21(25-6)17(12-16)14-24/h7-8,11-14H,9-10H2,1-6H3. The van der Waals surface area contributed by atoms with Crippen LogP contribution in [0.5, 0.6) is 5.75 Å². The summed E-state index contributed by atoms with van der Waals surface area (Å²) in [6.45, 7) is 11.5. The highest BCUT2D eigenvalue weighted by molar-refractivity contribution is 5.83. The molecule has 132 valence electrons. The summed E-state index contributed by atoms with van der Waals surface area (Å²) in [7, 11) is 1.59. The number of carbonyl (C=O) groups excluding carboxylic acids is 1. The normalized spacial score (nSPS) is 17.7. The number of aryl methyl sites for hydroxylation is 1. The minimum atomic E-state index is 0.174. The highest BCUT2D eigenvalue weighted by Crippen LogP contribution is 2.47. The molecular formula is C23H28O2. The van der Waals surface area contributed by atoms with Crippen LogP contribution in [0.4, 0.5) is 0 Å². The molecule has 1 aliphatic rings. The van der Waals surface area contributed by atoms with Crippen molar-refractivity contribution in [3.05, 3.63) is 52.6 Å². The van der Waals surface area contributed by atoms with Gasteiger partial charge < -0.3 is 4.74 Å². The number of methoxy groups -OCH3 is 1. The molecule has 2 nitrogen and oxygen atoms in total. The van der Waals surface area contributed by atoms with Gasteiger partial charge in [-0.05, 0) is 70.5 Å². The maximum atomic E-state index is 11.4. The zero-order valence-corrected chi connectivity index (χ0v) is 16.2. The van der Waals surface area contributed by atoms with Crippen molar-refractivity contribution in [1.29, 1.82) is 0 Å². The molecule has 0 aliphatic heterocycles. The van der Waals surface area contributed by atoms with Crippen molar-refractivity contribution < 1.29 is 9.53 Å². The van der Waals surface area contributed by atoms with Crippen LogP contribution in [0.1, 0.15) is 67.6 Å². The monoisotopic (exact) mass is 336 g/mol. The summed E-state index contributed by atoms with van der Waals surface area (Å²) in [5, 5.41) is 0. The Morgan fingerprint density at radius 1 is 0.960 bits per heavy atom. The largest absolute Gasteiger partial charge is 0.496 e. The van der Waals surface area contributed by atoms with Gasteiger partial charge in [-0.3, -0.25) is 4.79 Å². The third kappa shape index (κ3) is 2.99. The molecule has 3 rings (SSSR count). The summed E-state index contributed by atoms with van der Waals surface area (Å²) in [5.41, 5.74) is 7.41. The number of hydrogen-bond acceptors (Lipinski definition) is 2. The van der Waals surface area contributed by atoms with Crippen LogP contribution >= 0.6 is 0 Å². The Balaban J connectivity index is 2.21. The van der Waals surface area contributed by atoms with E-state index in [9.17, 15) is 4.79 Å². The highest BCUT2D eigenvalue weighted by Gasteiger charge is 2.37. The van der Waals surface area contributed by atoms with Crippen molar-refractivity contribution in [2.75, 3.05) is 7.11 Å². The molecule has 0 aromatic heterocycles. The van der Waals surface area contributed by atoms with Crippen LogP contribution in [0.3, 0.4) is 0 Å². The van der Waals surface area contributed by atoms with Crippen molar-refractivity contribution in [3.63, 3.8) is 0 Å². The summed E-state index contributed by atoms with van der Waals surface area (Å²) in [4.78, 5) is 11.4. The lowest BCUT2D eigenvalue weighted by atomic mass is 9.62. The van der Waals surface area contributed by atoms with Crippen molar-refractivity contribution in [3.8, 4) is 16.9 Å². The van der Waals surface area contributed by atoms with E-state index in [1.807, 2.05) is 18.2 Å². The number of hydrogen-bond donors (Lipinski definition) is 0. The Hall–Kier alpha value is -2.09. The SMILES string of the molecule is COc1ccc(-c2cc3c(cc2C)C(C)(C)CCC3(C)C)cc1C=O. The smallest absolute Gasteiger partial charge is 0.153 e. The van der Waals surface area contributed by atoms with Gasteiger partial charge in [0, 0.05) is 0 Å². The Morgan fingerprint density at radius 3 is 2.12 bits per heavy atom. The van der Waals surface area contributed by atoms with Gasteiger partial charge in [-0.1, -0.05) is 45.9 Å². The van der Waals surface area contributed by atoms with Crippen molar-refractivity contribution >= 4 is 6.29 Å². The predicted molar refractivity (Wildman–Crippen MR) is 104 cm³/mol. The molecule has 0 N–H and O–H groups in total. The molecule has 0 spiro atoms. The molecule has 2 heteroatoms. The van der Waals surface area contributed by atoms with Gasteiger partial charge in [0.05, 0.1) is 12.7 Å². The van der Waals surface area contributed by atoms with E-state index in [0.29, 0.717) is 11.3 Å². The molecule has 0 fully saturated rings. The average Bonchev–Trinajstić information content (AvgIpc) is 2.58. The van der Waals surface area contributed by atoms with Crippen molar-refractivity contribution in [2.45, 2.75) is 58.3 Å². The third-order valence-electron chi connectivity index (χ3n) is 5.87. The molecule has 1 aliphatic carbocycles. The molecule has 0 radical (unpaired) electrons. The lowest BCUT2D eigenvalue weighted by molar-refractivity contribution is 0.112. The number of benzene rings is 2. The van der Waals surface area contributed by atoms with E-state index in [0.717, 1.165) is 11.8 Å². The van der Waals surface area contributed by atoms with Crippen LogP contribution in [-0.2, 0) is 10.8 Å². The minimum absolute atomic E-state index is 0.174. The Bertz CT molecular complexity index is 828. The predicted octanol–water partition coefficient (Wildman–Crippen LogP) is 5.83. The second-order valence-corrected chi connectivity index (χ2v) is 8.56. The molecule has 0 heterocycles. The lowest BCUT2D eigenvalue weighted by Crippen LogP contribution is -2.34. The molecule has 0 atom stereocenters. The summed E-state index contributed by atoms with van der Waals surface area (Å²) in [6, 6.07) is 10.6. The van der Waals surface area contributed by atoms with Gasteiger partial charge >= 0.3 is 0 Å². The van der Waals surface area contributed by atoms with Crippen LogP contribution in [0.2, 0.25) is 0 Å². The van der Waals surface area contributed by atoms with Crippen LogP contribution < -0.4 is 4.74 Å². The van der Waals surface area contributed by atoms with Gasteiger partial charge in [0.15, 0.2) is 6.29 Å². The zero-order valence-electron chi connectivity index (χ0n) is 16.2.